The Bertz CT molecular complexity index is 880. The maximum Gasteiger partial charge on any atom is 0.330 e. The molecular weight excluding hydrogens is 387 g/mol. The van der Waals surface area contributed by atoms with Gasteiger partial charge < -0.3 is 5.32 Å². The van der Waals surface area contributed by atoms with Crippen LogP contribution < -0.4 is 15.2 Å². The van der Waals surface area contributed by atoms with E-state index in [1.165, 1.54) is 23.5 Å². The predicted molar refractivity (Wildman–Crippen MR) is 110 cm³/mol. The molecule has 0 aliphatic rings. The molecule has 2 amide bonds. The molecule has 0 radical (unpaired) electrons. The zero-order valence-electron chi connectivity index (χ0n) is 16.4. The van der Waals surface area contributed by atoms with Gasteiger partial charge in [-0.1, -0.05) is 27.7 Å². The van der Waals surface area contributed by atoms with Crippen molar-refractivity contribution in [2.45, 2.75) is 57.6 Å². The van der Waals surface area contributed by atoms with E-state index in [1.807, 2.05) is 27.7 Å². The third-order valence-electron chi connectivity index (χ3n) is 4.10. The van der Waals surface area contributed by atoms with Gasteiger partial charge in [-0.25, -0.2) is 18.4 Å². The van der Waals surface area contributed by atoms with Gasteiger partial charge in [-0.2, -0.15) is 0 Å². The number of urea groups is 1. The van der Waals surface area contributed by atoms with Crippen molar-refractivity contribution in [3.8, 4) is 0 Å². The summed E-state index contributed by atoms with van der Waals surface area (Å²) in [5.74, 6) is -0.372. The molecule has 0 saturated heterocycles. The zero-order valence-corrected chi connectivity index (χ0v) is 18.1. The number of aromatic nitrogens is 1. The van der Waals surface area contributed by atoms with Crippen molar-refractivity contribution in [1.29, 1.82) is 0 Å². The van der Waals surface area contributed by atoms with E-state index in [4.69, 9.17) is 5.14 Å². The van der Waals surface area contributed by atoms with Gasteiger partial charge in [0.15, 0.2) is 0 Å². The van der Waals surface area contributed by atoms with Crippen LogP contribution in [0.3, 0.4) is 0 Å². The summed E-state index contributed by atoms with van der Waals surface area (Å²) in [7, 11) is -3.62. The summed E-state index contributed by atoms with van der Waals surface area (Å²) < 4.78 is 29.6. The molecule has 0 atom stereocenters. The van der Waals surface area contributed by atoms with E-state index >= 15 is 0 Å². The van der Waals surface area contributed by atoms with Gasteiger partial charge in [0, 0.05) is 16.0 Å². The van der Waals surface area contributed by atoms with Crippen molar-refractivity contribution < 1.29 is 13.4 Å². The minimum atomic E-state index is -3.62. The molecule has 0 bridgehead atoms. The highest BCUT2D eigenvalue weighted by atomic mass is 32.3. The quantitative estimate of drug-likeness (QED) is 0.554. The Balaban J connectivity index is 2.35. The summed E-state index contributed by atoms with van der Waals surface area (Å²) in [4.78, 5) is 16.8. The molecule has 2 aromatic rings. The van der Waals surface area contributed by atoms with E-state index in [9.17, 15) is 13.4 Å². The number of hydrogen-bond donors (Lipinski definition) is 4. The van der Waals surface area contributed by atoms with Crippen LogP contribution in [0.1, 0.15) is 61.4 Å². The Labute approximate surface area is 164 Å². The fourth-order valence-electron chi connectivity index (χ4n) is 2.88. The van der Waals surface area contributed by atoms with E-state index in [-0.39, 0.29) is 17.7 Å². The first-order valence-corrected chi connectivity index (χ1v) is 11.3. The summed E-state index contributed by atoms with van der Waals surface area (Å²) in [6, 6.07) is 2.12. The first kappa shape index (κ1) is 21.5. The number of benzene rings is 1. The minimum Gasteiger partial charge on any atom is -0.307 e. The van der Waals surface area contributed by atoms with Crippen LogP contribution >= 0.6 is 11.3 Å². The molecule has 27 heavy (non-hydrogen) atoms. The van der Waals surface area contributed by atoms with Gasteiger partial charge in [-0.3, -0.25) is 9.86 Å². The number of amides is 2. The molecular formula is C18H27FN4O2S2. The van der Waals surface area contributed by atoms with Crippen LogP contribution in [0.2, 0.25) is 0 Å². The summed E-state index contributed by atoms with van der Waals surface area (Å²) in [5.41, 5.74) is 2.41. The Morgan fingerprint density at radius 2 is 1.70 bits per heavy atom. The number of anilines is 1. The Morgan fingerprint density at radius 3 is 2.11 bits per heavy atom. The number of rotatable bonds is 5. The van der Waals surface area contributed by atoms with Crippen molar-refractivity contribution in [2.24, 2.45) is 5.14 Å². The van der Waals surface area contributed by atoms with E-state index in [0.29, 0.717) is 26.7 Å². The number of nitrogens with two attached hydrogens (primary N) is 1. The molecule has 4 N–H and O–H groups in total. The lowest BCUT2D eigenvalue weighted by Crippen LogP contribution is -2.45. The molecule has 6 nitrogen and oxygen atoms in total. The first-order valence-electron chi connectivity index (χ1n) is 8.68. The summed E-state index contributed by atoms with van der Waals surface area (Å²) in [6.45, 7) is 11.1. The second-order valence-corrected chi connectivity index (χ2v) is 10.6. The lowest BCUT2D eigenvalue weighted by Gasteiger charge is -2.23. The molecule has 9 heteroatoms. The average molecular weight is 415 g/mol. The van der Waals surface area contributed by atoms with Gasteiger partial charge in [0.1, 0.15) is 10.0 Å². The standard InChI is InChI=1S/C18H27FN4O2S2/c1-9(2)14-7-13(19)8-15(10(3)4)16(14)22-18(24)23-27(20,25)17-11(5)21-12(6)26-17/h7-10,27H,1-6H3,(H4,20,22,23,24,25). The molecule has 0 saturated carbocycles. The number of thiazole rings is 1. The third-order valence-corrected chi connectivity index (χ3v) is 7.52. The second kappa shape index (κ2) is 8.04. The molecule has 0 spiro atoms. The fraction of sp³-hybridized carbons (Fsp3) is 0.444. The van der Waals surface area contributed by atoms with Crippen molar-refractivity contribution >= 4 is 33.4 Å². The zero-order chi connectivity index (χ0) is 20.5. The van der Waals surface area contributed by atoms with Gasteiger partial charge in [0.25, 0.3) is 0 Å². The van der Waals surface area contributed by atoms with E-state index < -0.39 is 16.3 Å². The molecule has 0 aliphatic heterocycles. The van der Waals surface area contributed by atoms with Crippen molar-refractivity contribution in [3.63, 3.8) is 0 Å². The van der Waals surface area contributed by atoms with Crippen LogP contribution in [0.4, 0.5) is 14.9 Å². The SMILES string of the molecule is Cc1nc(C)c([SH](N)(=O)NC(=O)Nc2c(C(C)C)cc(F)cc2C(C)C)s1. The largest absolute Gasteiger partial charge is 0.330 e. The van der Waals surface area contributed by atoms with Crippen LogP contribution in [0.5, 0.6) is 0 Å². The molecule has 0 fully saturated rings. The summed E-state index contributed by atoms with van der Waals surface area (Å²) >= 11 is 1.20. The highest BCUT2D eigenvalue weighted by molar-refractivity contribution is 8.01. The average Bonchev–Trinajstić information content (AvgIpc) is 2.87. The van der Waals surface area contributed by atoms with E-state index in [1.54, 1.807) is 13.8 Å². The van der Waals surface area contributed by atoms with Crippen LogP contribution in [-0.4, -0.2) is 15.2 Å². The Morgan fingerprint density at radius 1 is 1.19 bits per heavy atom. The highest BCUT2D eigenvalue weighted by Gasteiger charge is 2.23. The third kappa shape index (κ3) is 4.91. The Hall–Kier alpha value is -1.84. The molecule has 1 aromatic heterocycles. The lowest BCUT2D eigenvalue weighted by atomic mass is 9.92. The van der Waals surface area contributed by atoms with Crippen molar-refractivity contribution in [3.05, 3.63) is 39.8 Å². The summed E-state index contributed by atoms with van der Waals surface area (Å²) in [5, 5.41) is 9.38. The normalized spacial score (nSPS) is 12.5. The number of carbonyl (C=O) groups excluding carboxylic acids is 1. The van der Waals surface area contributed by atoms with Gasteiger partial charge in [-0.05, 0) is 48.9 Å². The molecule has 2 rings (SSSR count). The van der Waals surface area contributed by atoms with Crippen LogP contribution in [0.25, 0.3) is 0 Å². The molecule has 150 valence electrons. The van der Waals surface area contributed by atoms with Gasteiger partial charge in [-0.15, -0.1) is 11.3 Å². The molecule has 1 aromatic carbocycles. The second-order valence-electron chi connectivity index (χ2n) is 7.12. The monoisotopic (exact) mass is 414 g/mol. The molecule has 1 heterocycles. The van der Waals surface area contributed by atoms with Crippen LogP contribution in [0.15, 0.2) is 16.3 Å². The lowest BCUT2D eigenvalue weighted by molar-refractivity contribution is 0.256. The maximum atomic E-state index is 14.0. The fourth-order valence-corrected chi connectivity index (χ4v) is 5.60. The first-order chi connectivity index (χ1) is 12.4. The maximum absolute atomic E-state index is 14.0. The van der Waals surface area contributed by atoms with Crippen LogP contribution in [0, 0.1) is 19.7 Å². The van der Waals surface area contributed by atoms with Gasteiger partial charge in [0.05, 0.1) is 10.7 Å². The topological polar surface area (TPSA) is 97.1 Å². The van der Waals surface area contributed by atoms with Crippen molar-refractivity contribution in [1.82, 2.24) is 9.71 Å². The predicted octanol–water partition coefficient (Wildman–Crippen LogP) is 4.13. The van der Waals surface area contributed by atoms with E-state index in [0.717, 1.165) is 5.01 Å². The number of aryl methyl sites for hydroxylation is 2. The van der Waals surface area contributed by atoms with Gasteiger partial charge >= 0.3 is 6.03 Å². The number of halogens is 1. The van der Waals surface area contributed by atoms with Gasteiger partial charge in [0.2, 0.25) is 0 Å². The Kier molecular flexibility index (Phi) is 6.39. The number of nitrogens with one attached hydrogen (secondary N) is 2. The number of nitrogens with zero attached hydrogens (tertiary/aromatic N) is 1. The number of carbonyl (C=O) groups is 1. The van der Waals surface area contributed by atoms with E-state index in [2.05, 4.69) is 15.0 Å². The molecule has 0 aliphatic carbocycles. The number of hydrogen-bond acceptors (Lipinski definition) is 4. The summed E-state index contributed by atoms with van der Waals surface area (Å²) in [6.07, 6.45) is 0. The number of thiol groups is 1. The highest BCUT2D eigenvalue weighted by Crippen LogP contribution is 2.33. The smallest absolute Gasteiger partial charge is 0.307 e. The van der Waals surface area contributed by atoms with Crippen LogP contribution in [-0.2, 0) is 10.3 Å². The molecule has 0 unspecified atom stereocenters. The minimum absolute atomic E-state index is 0.00966. The van der Waals surface area contributed by atoms with Crippen molar-refractivity contribution in [2.75, 3.05) is 5.32 Å².